The van der Waals surface area contributed by atoms with E-state index in [1.54, 1.807) is 0 Å². The van der Waals surface area contributed by atoms with Gasteiger partial charge in [-0.1, -0.05) is 12.1 Å². The van der Waals surface area contributed by atoms with Gasteiger partial charge in [0.05, 0.1) is 6.10 Å². The summed E-state index contributed by atoms with van der Waals surface area (Å²) in [5, 5.41) is 9.50. The van der Waals surface area contributed by atoms with Crippen molar-refractivity contribution >= 4 is 11.6 Å². The molecule has 20 heavy (non-hydrogen) atoms. The quantitative estimate of drug-likeness (QED) is 0.904. The Balaban J connectivity index is 1.61. The molecule has 0 spiro atoms. The predicted molar refractivity (Wildman–Crippen MR) is 78.9 cm³/mol. The van der Waals surface area contributed by atoms with Crippen LogP contribution in [0.2, 0.25) is 0 Å². The highest BCUT2D eigenvalue weighted by atomic mass is 16.3. The molecule has 1 saturated heterocycles. The Bertz CT molecular complexity index is 515. The van der Waals surface area contributed by atoms with E-state index >= 15 is 0 Å². The van der Waals surface area contributed by atoms with E-state index in [1.165, 1.54) is 11.1 Å². The fraction of sp³-hybridized carbons (Fsp3) is 0.562. The first-order chi connectivity index (χ1) is 9.65. The normalized spacial score (nSPS) is 22.3. The number of β-amino-alcohol motifs (C(OH)–C–C–N with tert-alkyl or cyclic N) is 1. The molecular weight excluding hydrogens is 252 g/mol. The second-order valence-corrected chi connectivity index (χ2v) is 5.86. The SMILES string of the molecule is Cc1cccc2c1CCN2C(=O)CCN1CCC(O)C1. The number of carbonyl (C=O) groups is 1. The van der Waals surface area contributed by atoms with Gasteiger partial charge in [-0.05, 0) is 37.0 Å². The molecule has 2 heterocycles. The standard InChI is InChI=1S/C16H22N2O2/c1-12-3-2-4-15-14(12)6-10-18(15)16(20)7-9-17-8-5-13(19)11-17/h2-4,13,19H,5-11H2,1H3. The number of aliphatic hydroxyl groups excluding tert-OH is 1. The molecule has 1 amide bonds. The summed E-state index contributed by atoms with van der Waals surface area (Å²) in [6.07, 6.45) is 2.14. The maximum absolute atomic E-state index is 12.4. The van der Waals surface area contributed by atoms with E-state index in [-0.39, 0.29) is 12.0 Å². The molecule has 4 nitrogen and oxygen atoms in total. The highest BCUT2D eigenvalue weighted by Crippen LogP contribution is 2.30. The van der Waals surface area contributed by atoms with Gasteiger partial charge in [-0.2, -0.15) is 0 Å². The van der Waals surface area contributed by atoms with Crippen molar-refractivity contribution in [2.24, 2.45) is 0 Å². The Labute approximate surface area is 120 Å². The molecule has 2 aliphatic heterocycles. The van der Waals surface area contributed by atoms with Gasteiger partial charge in [0.1, 0.15) is 0 Å². The summed E-state index contributed by atoms with van der Waals surface area (Å²) in [4.78, 5) is 16.5. The molecule has 108 valence electrons. The lowest BCUT2D eigenvalue weighted by atomic mass is 10.1. The summed E-state index contributed by atoms with van der Waals surface area (Å²) >= 11 is 0. The van der Waals surface area contributed by atoms with Crippen molar-refractivity contribution in [3.05, 3.63) is 29.3 Å². The summed E-state index contributed by atoms with van der Waals surface area (Å²) < 4.78 is 0. The maximum Gasteiger partial charge on any atom is 0.228 e. The Morgan fingerprint density at radius 1 is 1.40 bits per heavy atom. The first kappa shape index (κ1) is 13.6. The maximum atomic E-state index is 12.4. The number of amides is 1. The lowest BCUT2D eigenvalue weighted by molar-refractivity contribution is -0.118. The fourth-order valence-corrected chi connectivity index (χ4v) is 3.27. The number of rotatable bonds is 3. The molecule has 1 N–H and O–H groups in total. The van der Waals surface area contributed by atoms with Crippen LogP contribution in [0.25, 0.3) is 0 Å². The van der Waals surface area contributed by atoms with Gasteiger partial charge in [-0.3, -0.25) is 4.79 Å². The van der Waals surface area contributed by atoms with Gasteiger partial charge in [0.2, 0.25) is 5.91 Å². The van der Waals surface area contributed by atoms with Crippen molar-refractivity contribution in [3.8, 4) is 0 Å². The summed E-state index contributed by atoms with van der Waals surface area (Å²) in [5.74, 6) is 0.204. The summed E-state index contributed by atoms with van der Waals surface area (Å²) in [7, 11) is 0. The molecule has 1 unspecified atom stereocenters. The second-order valence-electron chi connectivity index (χ2n) is 5.86. The minimum absolute atomic E-state index is 0.204. The number of aliphatic hydroxyl groups is 1. The highest BCUT2D eigenvalue weighted by molar-refractivity contribution is 5.95. The fourth-order valence-electron chi connectivity index (χ4n) is 3.27. The number of hydrogen-bond donors (Lipinski definition) is 1. The van der Waals surface area contributed by atoms with Gasteiger partial charge < -0.3 is 14.9 Å². The Hall–Kier alpha value is -1.39. The number of nitrogens with zero attached hydrogens (tertiary/aromatic N) is 2. The van der Waals surface area contributed by atoms with Crippen molar-refractivity contribution in [1.82, 2.24) is 4.90 Å². The first-order valence-electron chi connectivity index (χ1n) is 7.44. The molecular formula is C16H22N2O2. The Kier molecular flexibility index (Phi) is 3.76. The number of anilines is 1. The molecule has 4 heteroatoms. The molecule has 2 aliphatic rings. The molecule has 1 atom stereocenters. The van der Waals surface area contributed by atoms with E-state index in [2.05, 4.69) is 17.9 Å². The first-order valence-corrected chi connectivity index (χ1v) is 7.44. The molecule has 0 bridgehead atoms. The van der Waals surface area contributed by atoms with Crippen LogP contribution in [0.4, 0.5) is 5.69 Å². The van der Waals surface area contributed by atoms with E-state index in [0.29, 0.717) is 13.0 Å². The van der Waals surface area contributed by atoms with Crippen molar-refractivity contribution in [3.63, 3.8) is 0 Å². The third kappa shape index (κ3) is 2.58. The minimum atomic E-state index is -0.208. The van der Waals surface area contributed by atoms with Crippen LogP contribution in [0.3, 0.4) is 0 Å². The molecule has 3 rings (SSSR count). The predicted octanol–water partition coefficient (Wildman–Crippen LogP) is 1.34. The third-order valence-electron chi connectivity index (χ3n) is 4.45. The van der Waals surface area contributed by atoms with Crippen molar-refractivity contribution in [2.45, 2.75) is 32.3 Å². The molecule has 1 fully saturated rings. The van der Waals surface area contributed by atoms with Crippen molar-refractivity contribution < 1.29 is 9.90 Å². The number of carbonyl (C=O) groups excluding carboxylic acids is 1. The zero-order valence-corrected chi connectivity index (χ0v) is 12.0. The molecule has 0 radical (unpaired) electrons. The van der Waals surface area contributed by atoms with Gasteiger partial charge >= 0.3 is 0 Å². The summed E-state index contributed by atoms with van der Waals surface area (Å²) in [5.41, 5.74) is 3.69. The van der Waals surface area contributed by atoms with Crippen LogP contribution >= 0.6 is 0 Å². The average molecular weight is 274 g/mol. The molecule has 0 saturated carbocycles. The van der Waals surface area contributed by atoms with Gasteiger partial charge in [-0.25, -0.2) is 0 Å². The number of hydrogen-bond acceptors (Lipinski definition) is 3. The van der Waals surface area contributed by atoms with E-state index in [1.807, 2.05) is 17.0 Å². The topological polar surface area (TPSA) is 43.8 Å². The zero-order chi connectivity index (χ0) is 14.1. The Morgan fingerprint density at radius 3 is 3.00 bits per heavy atom. The molecule has 0 aromatic heterocycles. The van der Waals surface area contributed by atoms with E-state index in [4.69, 9.17) is 0 Å². The van der Waals surface area contributed by atoms with Gasteiger partial charge in [0.15, 0.2) is 0 Å². The summed E-state index contributed by atoms with van der Waals surface area (Å²) in [6.45, 7) is 5.29. The number of aryl methyl sites for hydroxylation is 1. The van der Waals surface area contributed by atoms with Gasteiger partial charge in [0, 0.05) is 38.3 Å². The van der Waals surface area contributed by atoms with Gasteiger partial charge in [0.25, 0.3) is 0 Å². The van der Waals surface area contributed by atoms with Crippen LogP contribution < -0.4 is 4.90 Å². The largest absolute Gasteiger partial charge is 0.392 e. The second kappa shape index (κ2) is 5.54. The highest BCUT2D eigenvalue weighted by Gasteiger charge is 2.26. The zero-order valence-electron chi connectivity index (χ0n) is 12.0. The van der Waals surface area contributed by atoms with Crippen LogP contribution in [0.15, 0.2) is 18.2 Å². The van der Waals surface area contributed by atoms with Gasteiger partial charge in [-0.15, -0.1) is 0 Å². The lowest BCUT2D eigenvalue weighted by Gasteiger charge is -2.20. The van der Waals surface area contributed by atoms with Crippen LogP contribution in [0.1, 0.15) is 24.0 Å². The van der Waals surface area contributed by atoms with E-state index in [0.717, 1.165) is 38.2 Å². The minimum Gasteiger partial charge on any atom is -0.392 e. The average Bonchev–Trinajstić information content (AvgIpc) is 3.03. The smallest absolute Gasteiger partial charge is 0.228 e. The monoisotopic (exact) mass is 274 g/mol. The van der Waals surface area contributed by atoms with E-state index in [9.17, 15) is 9.90 Å². The molecule has 1 aromatic carbocycles. The van der Waals surface area contributed by atoms with Crippen molar-refractivity contribution in [2.75, 3.05) is 31.1 Å². The summed E-state index contributed by atoms with van der Waals surface area (Å²) in [6, 6.07) is 6.18. The molecule has 0 aliphatic carbocycles. The Morgan fingerprint density at radius 2 is 2.25 bits per heavy atom. The lowest BCUT2D eigenvalue weighted by Crippen LogP contribution is -2.33. The number of benzene rings is 1. The van der Waals surface area contributed by atoms with Crippen LogP contribution in [-0.4, -0.2) is 48.2 Å². The number of fused-ring (bicyclic) bond motifs is 1. The molecule has 1 aromatic rings. The van der Waals surface area contributed by atoms with Crippen LogP contribution in [0, 0.1) is 6.92 Å². The third-order valence-corrected chi connectivity index (χ3v) is 4.45. The van der Waals surface area contributed by atoms with E-state index < -0.39 is 0 Å². The van der Waals surface area contributed by atoms with Crippen molar-refractivity contribution in [1.29, 1.82) is 0 Å². The number of likely N-dealkylation sites (tertiary alicyclic amines) is 1. The van der Waals surface area contributed by atoms with Crippen LogP contribution in [-0.2, 0) is 11.2 Å². The van der Waals surface area contributed by atoms with Crippen LogP contribution in [0.5, 0.6) is 0 Å².